The largest absolute Gasteiger partial charge is 0.361 e. The minimum atomic E-state index is -0.606. The second-order valence-corrected chi connectivity index (χ2v) is 6.79. The molecular weight excluding hydrogens is 320 g/mol. The standard InChI is InChI=1S/C19H18N2O2S/c1-2-19(17-6-4-10-24-17)14-11-13(15-5-3-9-20-15)7-8-16(14)21-18(22)12-23-19/h3-11,20H,2,12H2,1H3,(H,21,22). The van der Waals surface area contributed by atoms with Crippen molar-refractivity contribution in [3.8, 4) is 11.3 Å². The zero-order valence-corrected chi connectivity index (χ0v) is 14.2. The third-order valence-electron chi connectivity index (χ3n) is 4.50. The molecule has 4 rings (SSSR count). The number of thiophene rings is 1. The van der Waals surface area contributed by atoms with Gasteiger partial charge >= 0.3 is 0 Å². The topological polar surface area (TPSA) is 54.1 Å². The van der Waals surface area contributed by atoms with Gasteiger partial charge in [-0.25, -0.2) is 0 Å². The number of hydrogen-bond donors (Lipinski definition) is 2. The summed E-state index contributed by atoms with van der Waals surface area (Å²) in [5, 5.41) is 5.02. The average Bonchev–Trinajstić information content (AvgIpc) is 3.28. The van der Waals surface area contributed by atoms with Gasteiger partial charge in [0.1, 0.15) is 12.2 Å². The predicted octanol–water partition coefficient (Wildman–Crippen LogP) is 4.37. The first kappa shape index (κ1) is 15.2. The molecule has 0 saturated carbocycles. The summed E-state index contributed by atoms with van der Waals surface area (Å²) in [6.07, 6.45) is 2.66. The van der Waals surface area contributed by atoms with Gasteiger partial charge in [0, 0.05) is 28.0 Å². The maximum absolute atomic E-state index is 12.1. The molecule has 1 amide bonds. The second-order valence-electron chi connectivity index (χ2n) is 5.84. The van der Waals surface area contributed by atoms with Crippen LogP contribution in [-0.2, 0) is 15.1 Å². The van der Waals surface area contributed by atoms with Gasteiger partial charge in [-0.15, -0.1) is 11.3 Å². The molecular formula is C19H18N2O2S. The molecule has 2 aromatic heterocycles. The number of aromatic nitrogens is 1. The molecule has 0 radical (unpaired) electrons. The van der Waals surface area contributed by atoms with E-state index in [1.54, 1.807) is 11.3 Å². The number of hydrogen-bond acceptors (Lipinski definition) is 3. The van der Waals surface area contributed by atoms with Crippen molar-refractivity contribution in [2.45, 2.75) is 18.9 Å². The minimum absolute atomic E-state index is 0.0538. The van der Waals surface area contributed by atoms with Crippen molar-refractivity contribution in [2.75, 3.05) is 11.9 Å². The van der Waals surface area contributed by atoms with Crippen molar-refractivity contribution in [1.82, 2.24) is 4.98 Å². The molecule has 3 aromatic rings. The van der Waals surface area contributed by atoms with Crippen LogP contribution >= 0.6 is 11.3 Å². The molecule has 5 heteroatoms. The Morgan fingerprint density at radius 1 is 1.25 bits per heavy atom. The lowest BCUT2D eigenvalue weighted by molar-refractivity contribution is -0.125. The summed E-state index contributed by atoms with van der Waals surface area (Å²) in [5.74, 6) is -0.115. The SMILES string of the molecule is CCC1(c2cccs2)OCC(=O)Nc2ccc(-c3ccc[nH]3)cc21. The van der Waals surface area contributed by atoms with Crippen LogP contribution < -0.4 is 5.32 Å². The lowest BCUT2D eigenvalue weighted by atomic mass is 9.86. The molecule has 4 nitrogen and oxygen atoms in total. The van der Waals surface area contributed by atoms with E-state index in [1.165, 1.54) is 0 Å². The van der Waals surface area contributed by atoms with Gasteiger partial charge in [-0.1, -0.05) is 19.1 Å². The maximum atomic E-state index is 12.1. The van der Waals surface area contributed by atoms with Crippen LogP contribution in [0.15, 0.2) is 54.0 Å². The molecule has 1 aromatic carbocycles. The van der Waals surface area contributed by atoms with E-state index in [0.29, 0.717) is 0 Å². The summed E-state index contributed by atoms with van der Waals surface area (Å²) in [4.78, 5) is 16.5. The number of fused-ring (bicyclic) bond motifs is 1. The summed E-state index contributed by atoms with van der Waals surface area (Å²) in [7, 11) is 0. The zero-order chi connectivity index (χ0) is 16.6. The quantitative estimate of drug-likeness (QED) is 0.745. The highest BCUT2D eigenvalue weighted by atomic mass is 32.1. The Bertz CT molecular complexity index is 856. The average molecular weight is 338 g/mol. The summed E-state index contributed by atoms with van der Waals surface area (Å²) >= 11 is 1.66. The van der Waals surface area contributed by atoms with E-state index in [4.69, 9.17) is 4.74 Å². The monoisotopic (exact) mass is 338 g/mol. The summed E-state index contributed by atoms with van der Waals surface area (Å²) in [5.41, 5.74) is 3.34. The van der Waals surface area contributed by atoms with Crippen LogP contribution in [0.1, 0.15) is 23.8 Å². The van der Waals surface area contributed by atoms with Crippen LogP contribution in [0.25, 0.3) is 11.3 Å². The van der Waals surface area contributed by atoms with Crippen molar-refractivity contribution < 1.29 is 9.53 Å². The summed E-state index contributed by atoms with van der Waals surface area (Å²) in [6, 6.07) is 14.2. The molecule has 3 heterocycles. The predicted molar refractivity (Wildman–Crippen MR) is 96.2 cm³/mol. The number of anilines is 1. The molecule has 1 aliphatic heterocycles. The zero-order valence-electron chi connectivity index (χ0n) is 13.3. The van der Waals surface area contributed by atoms with Gasteiger partial charge in [-0.2, -0.15) is 0 Å². The van der Waals surface area contributed by atoms with E-state index >= 15 is 0 Å². The third-order valence-corrected chi connectivity index (χ3v) is 5.52. The first-order valence-corrected chi connectivity index (χ1v) is 8.87. The highest BCUT2D eigenvalue weighted by Gasteiger charge is 2.39. The van der Waals surface area contributed by atoms with Crippen molar-refractivity contribution in [3.63, 3.8) is 0 Å². The Hall–Kier alpha value is -2.37. The number of H-pyrrole nitrogens is 1. The van der Waals surface area contributed by atoms with Crippen molar-refractivity contribution in [3.05, 3.63) is 64.5 Å². The Morgan fingerprint density at radius 2 is 2.17 bits per heavy atom. The fourth-order valence-corrected chi connectivity index (χ4v) is 4.26. The Balaban J connectivity index is 1.94. The molecule has 0 aliphatic carbocycles. The van der Waals surface area contributed by atoms with Crippen molar-refractivity contribution in [2.24, 2.45) is 0 Å². The van der Waals surface area contributed by atoms with Crippen LogP contribution in [0.4, 0.5) is 5.69 Å². The summed E-state index contributed by atoms with van der Waals surface area (Å²) in [6.45, 7) is 2.15. The number of rotatable bonds is 3. The molecule has 24 heavy (non-hydrogen) atoms. The molecule has 0 saturated heterocycles. The lowest BCUT2D eigenvalue weighted by Gasteiger charge is -2.32. The van der Waals surface area contributed by atoms with E-state index in [2.05, 4.69) is 29.4 Å². The molecule has 2 N–H and O–H groups in total. The van der Waals surface area contributed by atoms with Crippen molar-refractivity contribution >= 4 is 22.9 Å². The van der Waals surface area contributed by atoms with Crippen LogP contribution in [0, 0.1) is 0 Å². The molecule has 1 aliphatic rings. The van der Waals surface area contributed by atoms with E-state index in [9.17, 15) is 4.79 Å². The van der Waals surface area contributed by atoms with Gasteiger partial charge in [0.25, 0.3) is 0 Å². The van der Waals surface area contributed by atoms with Gasteiger partial charge < -0.3 is 15.0 Å². The van der Waals surface area contributed by atoms with Gasteiger partial charge in [-0.3, -0.25) is 4.79 Å². The fourth-order valence-electron chi connectivity index (χ4n) is 3.30. The Kier molecular flexibility index (Phi) is 3.75. The second kappa shape index (κ2) is 5.92. The van der Waals surface area contributed by atoms with Crippen LogP contribution in [-0.4, -0.2) is 17.5 Å². The highest BCUT2D eigenvalue weighted by molar-refractivity contribution is 7.10. The maximum Gasteiger partial charge on any atom is 0.250 e. The van der Waals surface area contributed by atoms with E-state index in [-0.39, 0.29) is 12.5 Å². The third kappa shape index (κ3) is 2.37. The van der Waals surface area contributed by atoms with E-state index in [1.807, 2.05) is 41.9 Å². The van der Waals surface area contributed by atoms with Gasteiger partial charge in [0.15, 0.2) is 0 Å². The van der Waals surface area contributed by atoms with Crippen LogP contribution in [0.3, 0.4) is 0 Å². The van der Waals surface area contributed by atoms with E-state index < -0.39 is 5.60 Å². The summed E-state index contributed by atoms with van der Waals surface area (Å²) < 4.78 is 6.18. The highest BCUT2D eigenvalue weighted by Crippen LogP contribution is 2.45. The minimum Gasteiger partial charge on any atom is -0.361 e. The molecule has 122 valence electrons. The van der Waals surface area contributed by atoms with Gasteiger partial charge in [-0.05, 0) is 47.7 Å². The fraction of sp³-hybridized carbons (Fsp3) is 0.211. The van der Waals surface area contributed by atoms with E-state index in [0.717, 1.165) is 33.8 Å². The smallest absolute Gasteiger partial charge is 0.250 e. The molecule has 1 unspecified atom stereocenters. The van der Waals surface area contributed by atoms with Crippen LogP contribution in [0.2, 0.25) is 0 Å². The number of amides is 1. The molecule has 0 fully saturated rings. The Labute approximate surface area is 144 Å². The first-order chi connectivity index (χ1) is 11.7. The Morgan fingerprint density at radius 3 is 2.88 bits per heavy atom. The number of nitrogens with one attached hydrogen (secondary N) is 2. The molecule has 1 atom stereocenters. The van der Waals surface area contributed by atoms with Gasteiger partial charge in [0.2, 0.25) is 5.91 Å². The molecule has 0 bridgehead atoms. The first-order valence-electron chi connectivity index (χ1n) is 7.99. The van der Waals surface area contributed by atoms with Crippen molar-refractivity contribution in [1.29, 1.82) is 0 Å². The lowest BCUT2D eigenvalue weighted by Crippen LogP contribution is -2.30. The number of ether oxygens (including phenoxy) is 1. The molecule has 0 spiro atoms. The normalized spacial score (nSPS) is 20.3. The number of carbonyl (C=O) groups is 1. The number of aromatic amines is 1. The van der Waals surface area contributed by atoms with Gasteiger partial charge in [0.05, 0.1) is 0 Å². The number of carbonyl (C=O) groups excluding carboxylic acids is 1. The number of benzene rings is 1. The van der Waals surface area contributed by atoms with Crippen LogP contribution in [0.5, 0.6) is 0 Å².